The molecule has 0 bridgehead atoms. The molecule has 0 radical (unpaired) electrons. The lowest BCUT2D eigenvalue weighted by Gasteiger charge is -2.22. The molecule has 6 nitrogen and oxygen atoms in total. The summed E-state index contributed by atoms with van der Waals surface area (Å²) in [6, 6.07) is 16.1. The van der Waals surface area contributed by atoms with E-state index in [0.29, 0.717) is 5.75 Å². The van der Waals surface area contributed by atoms with Gasteiger partial charge in [-0.25, -0.2) is 4.98 Å². The summed E-state index contributed by atoms with van der Waals surface area (Å²) in [6.07, 6.45) is 0. The number of hydrogen-bond acceptors (Lipinski definition) is 7. The third-order valence-corrected chi connectivity index (χ3v) is 8.19. The molecule has 33 heavy (non-hydrogen) atoms. The maximum Gasteiger partial charge on any atom is 0.234 e. The van der Waals surface area contributed by atoms with Gasteiger partial charge in [0.15, 0.2) is 9.50 Å². The van der Waals surface area contributed by atoms with Crippen molar-refractivity contribution in [2.45, 2.75) is 54.9 Å². The van der Waals surface area contributed by atoms with E-state index < -0.39 is 0 Å². The van der Waals surface area contributed by atoms with Gasteiger partial charge in [0.2, 0.25) is 5.91 Å². The van der Waals surface area contributed by atoms with Crippen molar-refractivity contribution in [1.29, 1.82) is 0 Å². The predicted molar refractivity (Wildman–Crippen MR) is 139 cm³/mol. The molecule has 0 saturated carbocycles. The van der Waals surface area contributed by atoms with Gasteiger partial charge in [-0.3, -0.25) is 4.79 Å². The average Bonchev–Trinajstić information content (AvgIpc) is 3.38. The minimum absolute atomic E-state index is 0.0464. The van der Waals surface area contributed by atoms with Crippen LogP contribution in [0.5, 0.6) is 0 Å². The molecule has 0 aliphatic carbocycles. The lowest BCUT2D eigenvalue weighted by Crippen LogP contribution is -2.20. The zero-order chi connectivity index (χ0) is 23.4. The van der Waals surface area contributed by atoms with Crippen LogP contribution in [0.3, 0.4) is 0 Å². The Balaban J connectivity index is 1.38. The quantitative estimate of drug-likeness (QED) is 0.291. The Morgan fingerprint density at radius 3 is 2.58 bits per heavy atom. The molecule has 2 aromatic heterocycles. The van der Waals surface area contributed by atoms with E-state index in [0.717, 1.165) is 38.6 Å². The Morgan fingerprint density at radius 2 is 1.82 bits per heavy atom. The molecule has 2 aromatic carbocycles. The highest BCUT2D eigenvalue weighted by Gasteiger charge is 2.19. The molecular formula is C24H27N5OS3. The number of carbonyl (C=O) groups excluding carboxylic acids is 1. The summed E-state index contributed by atoms with van der Waals surface area (Å²) in [5.74, 6) is 1.81. The number of hydrogen-bond donors (Lipinski definition) is 1. The lowest BCUT2D eigenvalue weighted by molar-refractivity contribution is -0.113. The maximum absolute atomic E-state index is 12.7. The lowest BCUT2D eigenvalue weighted by atomic mass is 9.86. The number of thioether (sulfide) groups is 2. The topological polar surface area (TPSA) is 72.7 Å². The molecule has 0 spiro atoms. The number of rotatable bonds is 8. The molecular weight excluding hydrogens is 470 g/mol. The van der Waals surface area contributed by atoms with Gasteiger partial charge in [0.05, 0.1) is 21.7 Å². The second kappa shape index (κ2) is 10.3. The molecule has 9 heteroatoms. The highest BCUT2D eigenvalue weighted by Crippen LogP contribution is 2.32. The number of fused-ring (bicyclic) bond motifs is 1. The first kappa shape index (κ1) is 23.8. The van der Waals surface area contributed by atoms with Crippen molar-refractivity contribution in [2.75, 3.05) is 11.1 Å². The highest BCUT2D eigenvalue weighted by atomic mass is 32.2. The third-order valence-electron chi connectivity index (χ3n) is 5.05. The second-order valence-electron chi connectivity index (χ2n) is 8.51. The SMILES string of the molecule is CCn1c(CSc2nc3ccccc3s2)nnc1SCC(=O)Nc1ccccc1C(C)(C)C. The van der Waals surface area contributed by atoms with Crippen molar-refractivity contribution in [2.24, 2.45) is 0 Å². The van der Waals surface area contributed by atoms with Crippen LogP contribution in [0.1, 0.15) is 39.1 Å². The summed E-state index contributed by atoms with van der Waals surface area (Å²) in [5.41, 5.74) is 2.96. The Kier molecular flexibility index (Phi) is 7.41. The normalized spacial score (nSPS) is 11.8. The number of amides is 1. The van der Waals surface area contributed by atoms with E-state index in [1.165, 1.54) is 16.5 Å². The minimum Gasteiger partial charge on any atom is -0.325 e. The van der Waals surface area contributed by atoms with Crippen molar-refractivity contribution < 1.29 is 4.79 Å². The average molecular weight is 498 g/mol. The van der Waals surface area contributed by atoms with Gasteiger partial charge in [-0.2, -0.15) is 0 Å². The zero-order valence-corrected chi connectivity index (χ0v) is 21.6. The minimum atomic E-state index is -0.0484. The van der Waals surface area contributed by atoms with Crippen LogP contribution in [0.4, 0.5) is 5.69 Å². The molecule has 0 atom stereocenters. The van der Waals surface area contributed by atoms with E-state index in [-0.39, 0.29) is 17.1 Å². The van der Waals surface area contributed by atoms with Crippen molar-refractivity contribution >= 4 is 56.7 Å². The van der Waals surface area contributed by atoms with E-state index in [4.69, 9.17) is 0 Å². The van der Waals surface area contributed by atoms with E-state index in [9.17, 15) is 4.79 Å². The van der Waals surface area contributed by atoms with Crippen LogP contribution in [-0.4, -0.2) is 31.4 Å². The van der Waals surface area contributed by atoms with Gasteiger partial charge in [0, 0.05) is 12.2 Å². The van der Waals surface area contributed by atoms with Gasteiger partial charge >= 0.3 is 0 Å². The number of para-hydroxylation sites is 2. The Bertz CT molecular complexity index is 1230. The first-order chi connectivity index (χ1) is 15.8. The fourth-order valence-corrected chi connectivity index (χ4v) is 6.28. The standard InChI is InChI=1S/C24H27N5OS3/c1-5-29-20(14-32-23-26-18-12-8-9-13-19(18)33-23)27-28-22(29)31-15-21(30)25-17-11-7-6-10-16(17)24(2,3)4/h6-13H,5,14-15H2,1-4H3,(H,25,30). The van der Waals surface area contributed by atoms with Crippen LogP contribution in [-0.2, 0) is 22.5 Å². The van der Waals surface area contributed by atoms with Crippen molar-refractivity contribution in [3.63, 3.8) is 0 Å². The molecule has 0 saturated heterocycles. The highest BCUT2D eigenvalue weighted by molar-refractivity contribution is 8.00. The number of benzene rings is 2. The Morgan fingerprint density at radius 1 is 1.06 bits per heavy atom. The Labute approximate surface area is 206 Å². The molecule has 4 aromatic rings. The first-order valence-electron chi connectivity index (χ1n) is 10.8. The van der Waals surface area contributed by atoms with Gasteiger partial charge in [0.25, 0.3) is 0 Å². The molecule has 4 rings (SSSR count). The van der Waals surface area contributed by atoms with Crippen LogP contribution >= 0.6 is 34.9 Å². The van der Waals surface area contributed by atoms with Crippen molar-refractivity contribution in [3.8, 4) is 0 Å². The van der Waals surface area contributed by atoms with Gasteiger partial charge < -0.3 is 9.88 Å². The molecule has 0 unspecified atom stereocenters. The van der Waals surface area contributed by atoms with Crippen LogP contribution in [0.25, 0.3) is 10.2 Å². The summed E-state index contributed by atoms with van der Waals surface area (Å²) in [7, 11) is 0. The predicted octanol–water partition coefficient (Wildman–Crippen LogP) is 6.23. The van der Waals surface area contributed by atoms with Crippen molar-refractivity contribution in [3.05, 3.63) is 59.9 Å². The van der Waals surface area contributed by atoms with E-state index in [1.807, 2.05) is 36.4 Å². The Hall–Kier alpha value is -2.36. The number of carbonyl (C=O) groups is 1. The number of aromatic nitrogens is 4. The van der Waals surface area contributed by atoms with Crippen LogP contribution < -0.4 is 5.32 Å². The summed E-state index contributed by atoms with van der Waals surface area (Å²) >= 11 is 4.77. The molecule has 0 fully saturated rings. The van der Waals surface area contributed by atoms with Crippen molar-refractivity contribution in [1.82, 2.24) is 19.7 Å². The van der Waals surface area contributed by atoms with E-state index >= 15 is 0 Å². The molecule has 172 valence electrons. The number of nitrogens with zero attached hydrogens (tertiary/aromatic N) is 4. The summed E-state index contributed by atoms with van der Waals surface area (Å²) in [5, 5.41) is 12.5. The molecule has 0 aliphatic heterocycles. The number of thiazole rings is 1. The molecule has 1 N–H and O–H groups in total. The fraction of sp³-hybridized carbons (Fsp3) is 0.333. The summed E-state index contributed by atoms with van der Waals surface area (Å²) < 4.78 is 4.28. The van der Waals surface area contributed by atoms with Crippen LogP contribution in [0.2, 0.25) is 0 Å². The molecule has 0 aliphatic rings. The second-order valence-corrected chi connectivity index (χ2v) is 11.7. The molecule has 1 amide bonds. The maximum atomic E-state index is 12.7. The fourth-order valence-electron chi connectivity index (χ4n) is 3.45. The van der Waals surface area contributed by atoms with Gasteiger partial charge in [0.1, 0.15) is 5.82 Å². The first-order valence-corrected chi connectivity index (χ1v) is 13.6. The third kappa shape index (κ3) is 5.77. The van der Waals surface area contributed by atoms with Crippen LogP contribution in [0.15, 0.2) is 58.0 Å². The monoisotopic (exact) mass is 497 g/mol. The summed E-state index contributed by atoms with van der Waals surface area (Å²) in [6.45, 7) is 9.25. The van der Waals surface area contributed by atoms with Gasteiger partial charge in [-0.15, -0.1) is 21.5 Å². The number of nitrogens with one attached hydrogen (secondary N) is 1. The van der Waals surface area contributed by atoms with Crippen LogP contribution in [0, 0.1) is 0 Å². The van der Waals surface area contributed by atoms with E-state index in [2.05, 4.69) is 64.9 Å². The summed E-state index contributed by atoms with van der Waals surface area (Å²) in [4.78, 5) is 17.3. The van der Waals surface area contributed by atoms with Gasteiger partial charge in [-0.1, -0.05) is 74.6 Å². The number of anilines is 1. The smallest absolute Gasteiger partial charge is 0.234 e. The molecule has 2 heterocycles. The van der Waals surface area contributed by atoms with E-state index in [1.54, 1.807) is 23.1 Å². The van der Waals surface area contributed by atoms with Gasteiger partial charge in [-0.05, 0) is 36.1 Å². The largest absolute Gasteiger partial charge is 0.325 e. The zero-order valence-electron chi connectivity index (χ0n) is 19.2.